The number of nitrogens with one attached hydrogen (secondary N) is 2. The first kappa shape index (κ1) is 14.7. The number of benzene rings is 1. The number of hydrogen-bond donors (Lipinski definition) is 2. The van der Waals surface area contributed by atoms with E-state index < -0.39 is 11.7 Å². The summed E-state index contributed by atoms with van der Waals surface area (Å²) in [4.78, 5) is 19.9. The van der Waals surface area contributed by atoms with Crippen molar-refractivity contribution >= 4 is 11.9 Å². The highest BCUT2D eigenvalue weighted by molar-refractivity contribution is 5.96. The van der Waals surface area contributed by atoms with Crippen LogP contribution in [0.15, 0.2) is 36.7 Å². The SMILES string of the molecule is COc1ccc(F)cc1C(=O)NCCNc1ncccn1. The van der Waals surface area contributed by atoms with Gasteiger partial charge in [0.05, 0.1) is 12.7 Å². The van der Waals surface area contributed by atoms with Gasteiger partial charge in [0.15, 0.2) is 0 Å². The Kier molecular flexibility index (Phi) is 5.03. The molecule has 0 fully saturated rings. The van der Waals surface area contributed by atoms with Crippen LogP contribution in [0.2, 0.25) is 0 Å². The van der Waals surface area contributed by atoms with Crippen LogP contribution in [0.4, 0.5) is 10.3 Å². The molecule has 1 heterocycles. The number of rotatable bonds is 6. The molecule has 0 saturated heterocycles. The Morgan fingerprint density at radius 1 is 1.29 bits per heavy atom. The molecule has 2 rings (SSSR count). The van der Waals surface area contributed by atoms with Crippen molar-refractivity contribution in [2.24, 2.45) is 0 Å². The van der Waals surface area contributed by atoms with E-state index in [9.17, 15) is 9.18 Å². The smallest absolute Gasteiger partial charge is 0.255 e. The van der Waals surface area contributed by atoms with Gasteiger partial charge in [-0.25, -0.2) is 14.4 Å². The fourth-order valence-corrected chi connectivity index (χ4v) is 1.69. The zero-order valence-electron chi connectivity index (χ0n) is 11.5. The summed E-state index contributed by atoms with van der Waals surface area (Å²) in [6.07, 6.45) is 3.23. The van der Waals surface area contributed by atoms with Gasteiger partial charge in [0.2, 0.25) is 5.95 Å². The molecule has 110 valence electrons. The maximum absolute atomic E-state index is 13.2. The summed E-state index contributed by atoms with van der Waals surface area (Å²) < 4.78 is 18.2. The number of halogens is 1. The predicted octanol–water partition coefficient (Wildman–Crippen LogP) is 1.47. The number of carbonyl (C=O) groups excluding carboxylic acids is 1. The zero-order valence-corrected chi connectivity index (χ0v) is 11.5. The lowest BCUT2D eigenvalue weighted by Crippen LogP contribution is -2.29. The summed E-state index contributed by atoms with van der Waals surface area (Å²) in [7, 11) is 1.43. The van der Waals surface area contributed by atoms with Crippen molar-refractivity contribution in [3.05, 3.63) is 48.0 Å². The van der Waals surface area contributed by atoms with Crippen LogP contribution in [0.25, 0.3) is 0 Å². The number of ether oxygens (including phenoxy) is 1. The van der Waals surface area contributed by atoms with Gasteiger partial charge in [-0.05, 0) is 24.3 Å². The van der Waals surface area contributed by atoms with Gasteiger partial charge in [0.25, 0.3) is 5.91 Å². The molecule has 1 aromatic carbocycles. The molecule has 6 nitrogen and oxygen atoms in total. The van der Waals surface area contributed by atoms with Crippen molar-refractivity contribution in [3.63, 3.8) is 0 Å². The number of aromatic nitrogens is 2. The average molecular weight is 290 g/mol. The molecule has 0 radical (unpaired) electrons. The Balaban J connectivity index is 1.86. The van der Waals surface area contributed by atoms with Gasteiger partial charge in [0, 0.05) is 25.5 Å². The van der Waals surface area contributed by atoms with Gasteiger partial charge in [-0.1, -0.05) is 0 Å². The van der Waals surface area contributed by atoms with E-state index in [0.29, 0.717) is 24.8 Å². The molecule has 0 aliphatic heterocycles. The quantitative estimate of drug-likeness (QED) is 0.788. The molecule has 2 N–H and O–H groups in total. The maximum atomic E-state index is 13.2. The standard InChI is InChI=1S/C14H15FN4O2/c1-21-12-4-3-10(15)9-11(12)13(20)16-7-8-19-14-17-5-2-6-18-14/h2-6,9H,7-8H2,1H3,(H,16,20)(H,17,18,19). The average Bonchev–Trinajstić information content (AvgIpc) is 2.52. The molecule has 7 heteroatoms. The number of hydrogen-bond acceptors (Lipinski definition) is 5. The molecular weight excluding hydrogens is 275 g/mol. The third kappa shape index (κ3) is 4.13. The molecule has 0 aliphatic carbocycles. The first-order chi connectivity index (χ1) is 10.2. The Morgan fingerprint density at radius 2 is 2.05 bits per heavy atom. The van der Waals surface area contributed by atoms with E-state index in [0.717, 1.165) is 6.07 Å². The summed E-state index contributed by atoms with van der Waals surface area (Å²) in [6.45, 7) is 0.796. The molecule has 0 saturated carbocycles. The van der Waals surface area contributed by atoms with E-state index in [2.05, 4.69) is 20.6 Å². The van der Waals surface area contributed by atoms with E-state index in [1.165, 1.54) is 19.2 Å². The lowest BCUT2D eigenvalue weighted by molar-refractivity contribution is 0.0951. The number of nitrogens with zero attached hydrogens (tertiary/aromatic N) is 2. The molecule has 21 heavy (non-hydrogen) atoms. The molecule has 0 aliphatic rings. The number of anilines is 1. The van der Waals surface area contributed by atoms with E-state index >= 15 is 0 Å². The zero-order chi connectivity index (χ0) is 15.1. The van der Waals surface area contributed by atoms with Crippen molar-refractivity contribution in [2.75, 3.05) is 25.5 Å². The van der Waals surface area contributed by atoms with E-state index in [1.54, 1.807) is 18.5 Å². The van der Waals surface area contributed by atoms with E-state index in [-0.39, 0.29) is 5.56 Å². The summed E-state index contributed by atoms with van der Waals surface area (Å²) in [6, 6.07) is 5.51. The molecule has 0 atom stereocenters. The van der Waals surface area contributed by atoms with Gasteiger partial charge in [0.1, 0.15) is 11.6 Å². The summed E-state index contributed by atoms with van der Waals surface area (Å²) >= 11 is 0. The Labute approximate surface area is 121 Å². The molecular formula is C14H15FN4O2. The van der Waals surface area contributed by atoms with Gasteiger partial charge < -0.3 is 15.4 Å². The summed E-state index contributed by atoms with van der Waals surface area (Å²) in [5, 5.41) is 5.62. The van der Waals surface area contributed by atoms with Crippen LogP contribution in [0, 0.1) is 5.82 Å². The first-order valence-corrected chi connectivity index (χ1v) is 6.33. The minimum atomic E-state index is -0.489. The number of methoxy groups -OCH3 is 1. The fourth-order valence-electron chi connectivity index (χ4n) is 1.69. The second kappa shape index (κ2) is 7.18. The second-order valence-corrected chi connectivity index (χ2v) is 4.10. The first-order valence-electron chi connectivity index (χ1n) is 6.33. The van der Waals surface area contributed by atoms with Crippen molar-refractivity contribution in [1.29, 1.82) is 0 Å². The topological polar surface area (TPSA) is 76.1 Å². The largest absolute Gasteiger partial charge is 0.496 e. The third-order valence-electron chi connectivity index (χ3n) is 2.67. The van der Waals surface area contributed by atoms with E-state index in [1.807, 2.05) is 0 Å². The van der Waals surface area contributed by atoms with Crippen LogP contribution in [-0.2, 0) is 0 Å². The van der Waals surface area contributed by atoms with Crippen LogP contribution >= 0.6 is 0 Å². The summed E-state index contributed by atoms with van der Waals surface area (Å²) in [5.41, 5.74) is 0.161. The molecule has 1 amide bonds. The Bertz CT molecular complexity index is 607. The summed E-state index contributed by atoms with van der Waals surface area (Å²) in [5.74, 6) is -0.0813. The van der Waals surface area contributed by atoms with Crippen molar-refractivity contribution in [1.82, 2.24) is 15.3 Å². The molecule has 0 spiro atoms. The number of amides is 1. The van der Waals surface area contributed by atoms with Crippen LogP contribution < -0.4 is 15.4 Å². The Hall–Kier alpha value is -2.70. The van der Waals surface area contributed by atoms with Gasteiger partial charge in [-0.2, -0.15) is 0 Å². The normalized spacial score (nSPS) is 10.0. The monoisotopic (exact) mass is 290 g/mol. The lowest BCUT2D eigenvalue weighted by Gasteiger charge is -2.10. The van der Waals surface area contributed by atoms with Crippen molar-refractivity contribution in [3.8, 4) is 5.75 Å². The third-order valence-corrected chi connectivity index (χ3v) is 2.67. The van der Waals surface area contributed by atoms with Crippen molar-refractivity contribution < 1.29 is 13.9 Å². The van der Waals surface area contributed by atoms with Gasteiger partial charge in [-0.3, -0.25) is 4.79 Å². The number of carbonyl (C=O) groups is 1. The minimum absolute atomic E-state index is 0.161. The van der Waals surface area contributed by atoms with Crippen molar-refractivity contribution in [2.45, 2.75) is 0 Å². The lowest BCUT2D eigenvalue weighted by atomic mass is 10.2. The molecule has 1 aromatic heterocycles. The molecule has 0 unspecified atom stereocenters. The van der Waals surface area contributed by atoms with Crippen LogP contribution in [0.5, 0.6) is 5.75 Å². The molecule has 2 aromatic rings. The highest BCUT2D eigenvalue weighted by atomic mass is 19.1. The van der Waals surface area contributed by atoms with Crippen LogP contribution in [0.3, 0.4) is 0 Å². The van der Waals surface area contributed by atoms with Gasteiger partial charge in [-0.15, -0.1) is 0 Å². The van der Waals surface area contributed by atoms with Crippen LogP contribution in [0.1, 0.15) is 10.4 Å². The van der Waals surface area contributed by atoms with Gasteiger partial charge >= 0.3 is 0 Å². The highest BCUT2D eigenvalue weighted by Gasteiger charge is 2.12. The highest BCUT2D eigenvalue weighted by Crippen LogP contribution is 2.18. The van der Waals surface area contributed by atoms with E-state index in [4.69, 9.17) is 4.74 Å². The fraction of sp³-hybridized carbons (Fsp3) is 0.214. The maximum Gasteiger partial charge on any atom is 0.255 e. The van der Waals surface area contributed by atoms with Crippen LogP contribution in [-0.4, -0.2) is 36.1 Å². The molecule has 0 bridgehead atoms. The Morgan fingerprint density at radius 3 is 2.76 bits per heavy atom. The second-order valence-electron chi connectivity index (χ2n) is 4.10. The minimum Gasteiger partial charge on any atom is -0.496 e. The predicted molar refractivity (Wildman–Crippen MR) is 75.8 cm³/mol.